The second-order valence-corrected chi connectivity index (χ2v) is 6.13. The van der Waals surface area contributed by atoms with E-state index in [-0.39, 0.29) is 12.0 Å². The van der Waals surface area contributed by atoms with Crippen LogP contribution in [0.2, 0.25) is 0 Å². The number of carboxylic acid groups (broad SMARTS) is 1. The van der Waals surface area contributed by atoms with Crippen LogP contribution in [-0.2, 0) is 4.79 Å². The van der Waals surface area contributed by atoms with E-state index in [2.05, 4.69) is 21.2 Å². The molecule has 0 saturated carbocycles. The van der Waals surface area contributed by atoms with Crippen LogP contribution < -0.4 is 11.1 Å². The van der Waals surface area contributed by atoms with Gasteiger partial charge in [0.05, 0.1) is 5.92 Å². The quantitative estimate of drug-likeness (QED) is 0.666. The number of aliphatic carboxylic acids is 1. The molecule has 1 rings (SSSR count). The first-order valence-corrected chi connectivity index (χ1v) is 7.69. The first-order valence-electron chi connectivity index (χ1n) is 6.90. The number of primary amides is 1. The van der Waals surface area contributed by atoms with Gasteiger partial charge in [0.2, 0.25) is 5.91 Å². The molecular formula is C15H21BrN2O3. The zero-order valence-corrected chi connectivity index (χ0v) is 13.8. The molecule has 1 aromatic rings. The van der Waals surface area contributed by atoms with Gasteiger partial charge in [-0.25, -0.2) is 0 Å². The van der Waals surface area contributed by atoms with Gasteiger partial charge in [-0.3, -0.25) is 9.59 Å². The fourth-order valence-electron chi connectivity index (χ4n) is 1.98. The molecular weight excluding hydrogens is 336 g/mol. The summed E-state index contributed by atoms with van der Waals surface area (Å²) < 4.78 is 0.782. The zero-order valence-electron chi connectivity index (χ0n) is 12.2. The minimum Gasteiger partial charge on any atom is -0.481 e. The van der Waals surface area contributed by atoms with Crippen LogP contribution in [0.5, 0.6) is 0 Å². The molecule has 6 heteroatoms. The third-order valence-electron chi connectivity index (χ3n) is 3.35. The monoisotopic (exact) mass is 356 g/mol. The molecule has 1 amide bonds. The lowest BCUT2D eigenvalue weighted by Crippen LogP contribution is -2.17. The Morgan fingerprint density at radius 2 is 2.00 bits per heavy atom. The number of carboxylic acids is 1. The Morgan fingerprint density at radius 1 is 1.33 bits per heavy atom. The Balaban J connectivity index is 2.49. The van der Waals surface area contributed by atoms with Crippen LogP contribution in [0.15, 0.2) is 22.7 Å². The van der Waals surface area contributed by atoms with Gasteiger partial charge in [-0.1, -0.05) is 13.3 Å². The number of nitrogens with two attached hydrogens (primary N) is 1. The summed E-state index contributed by atoms with van der Waals surface area (Å²) in [5, 5.41) is 12.2. The van der Waals surface area contributed by atoms with Crippen LogP contribution in [0.4, 0.5) is 5.69 Å². The number of benzene rings is 1. The molecule has 0 saturated heterocycles. The average Bonchev–Trinajstić information content (AvgIpc) is 2.40. The molecule has 4 N–H and O–H groups in total. The van der Waals surface area contributed by atoms with Crippen LogP contribution in [0.1, 0.15) is 43.5 Å². The van der Waals surface area contributed by atoms with Crippen LogP contribution >= 0.6 is 15.9 Å². The van der Waals surface area contributed by atoms with Crippen molar-refractivity contribution in [3.63, 3.8) is 0 Å². The summed E-state index contributed by atoms with van der Waals surface area (Å²) in [5.74, 6) is -1.52. The van der Waals surface area contributed by atoms with Gasteiger partial charge in [-0.05, 0) is 53.9 Å². The molecule has 0 aliphatic heterocycles. The lowest BCUT2D eigenvalue weighted by atomic mass is 10.0. The molecule has 116 valence electrons. The molecule has 0 bridgehead atoms. The third-order valence-corrected chi connectivity index (χ3v) is 4.01. The summed E-state index contributed by atoms with van der Waals surface area (Å²) in [4.78, 5) is 21.8. The number of nitrogens with one attached hydrogen (secondary N) is 1. The summed E-state index contributed by atoms with van der Waals surface area (Å²) in [6.45, 7) is 3.76. The summed E-state index contributed by atoms with van der Waals surface area (Å²) in [6, 6.07) is 5.38. The number of carbonyl (C=O) groups excluding carboxylic acids is 1. The van der Waals surface area contributed by atoms with Crippen molar-refractivity contribution < 1.29 is 14.7 Å². The van der Waals surface area contributed by atoms with Gasteiger partial charge in [0, 0.05) is 21.8 Å². The van der Waals surface area contributed by atoms with Crippen molar-refractivity contribution in [1.82, 2.24) is 0 Å². The highest BCUT2D eigenvalue weighted by atomic mass is 79.9. The number of rotatable bonds is 8. The lowest BCUT2D eigenvalue weighted by Gasteiger charge is -2.17. The predicted octanol–water partition coefficient (Wildman–Crippen LogP) is 3.24. The van der Waals surface area contributed by atoms with E-state index < -0.39 is 11.9 Å². The molecule has 1 aromatic carbocycles. The van der Waals surface area contributed by atoms with E-state index in [1.807, 2.05) is 6.92 Å². The minimum atomic E-state index is -0.750. The van der Waals surface area contributed by atoms with Crippen molar-refractivity contribution >= 4 is 33.5 Å². The molecule has 0 fully saturated rings. The number of amides is 1. The average molecular weight is 357 g/mol. The molecule has 0 aliphatic carbocycles. The highest BCUT2D eigenvalue weighted by Gasteiger charge is 2.12. The maximum absolute atomic E-state index is 11.1. The van der Waals surface area contributed by atoms with Gasteiger partial charge in [-0.2, -0.15) is 0 Å². The topological polar surface area (TPSA) is 92.4 Å². The largest absolute Gasteiger partial charge is 0.481 e. The Hall–Kier alpha value is -1.56. The van der Waals surface area contributed by atoms with Crippen molar-refractivity contribution in [2.24, 2.45) is 11.7 Å². The number of anilines is 1. The maximum Gasteiger partial charge on any atom is 0.306 e. The number of hydrogen-bond donors (Lipinski definition) is 3. The molecule has 2 atom stereocenters. The van der Waals surface area contributed by atoms with Crippen LogP contribution in [0.3, 0.4) is 0 Å². The summed E-state index contributed by atoms with van der Waals surface area (Å²) in [7, 11) is 0. The first-order chi connectivity index (χ1) is 9.81. The van der Waals surface area contributed by atoms with E-state index in [1.165, 1.54) is 0 Å². The van der Waals surface area contributed by atoms with E-state index in [0.29, 0.717) is 12.0 Å². The molecule has 0 aromatic heterocycles. The van der Waals surface area contributed by atoms with E-state index in [1.54, 1.807) is 25.1 Å². The molecule has 2 unspecified atom stereocenters. The van der Waals surface area contributed by atoms with Crippen LogP contribution in [-0.4, -0.2) is 23.0 Å². The fraction of sp³-hybridized carbons (Fsp3) is 0.467. The van der Waals surface area contributed by atoms with Gasteiger partial charge in [0.25, 0.3) is 0 Å². The molecule has 0 aliphatic rings. The van der Waals surface area contributed by atoms with E-state index in [9.17, 15) is 9.59 Å². The van der Waals surface area contributed by atoms with E-state index >= 15 is 0 Å². The summed E-state index contributed by atoms with van der Waals surface area (Å²) in [6.07, 6.45) is 2.39. The number of halogens is 1. The summed E-state index contributed by atoms with van der Waals surface area (Å²) >= 11 is 3.41. The Kier molecular flexibility index (Phi) is 6.68. The summed E-state index contributed by atoms with van der Waals surface area (Å²) in [5.41, 5.74) is 6.57. The van der Waals surface area contributed by atoms with Crippen molar-refractivity contribution in [1.29, 1.82) is 0 Å². The highest BCUT2D eigenvalue weighted by molar-refractivity contribution is 9.10. The molecule has 21 heavy (non-hydrogen) atoms. The van der Waals surface area contributed by atoms with Gasteiger partial charge in [-0.15, -0.1) is 0 Å². The standard InChI is InChI=1S/C15H21BrN2O3/c1-9(15(20)21)4-3-5-10(2)18-13-7-6-11(14(17)19)8-12(13)16/h6-10,18H,3-5H2,1-2H3,(H2,17,19)(H,20,21). The van der Waals surface area contributed by atoms with Crippen molar-refractivity contribution in [2.75, 3.05) is 5.32 Å². The van der Waals surface area contributed by atoms with Crippen LogP contribution in [0, 0.1) is 5.92 Å². The van der Waals surface area contributed by atoms with Gasteiger partial charge in [0.15, 0.2) is 0 Å². The van der Waals surface area contributed by atoms with Gasteiger partial charge in [0.1, 0.15) is 0 Å². The number of carbonyl (C=O) groups is 2. The molecule has 0 radical (unpaired) electrons. The zero-order chi connectivity index (χ0) is 16.0. The first kappa shape index (κ1) is 17.5. The Morgan fingerprint density at radius 3 is 2.52 bits per heavy atom. The number of hydrogen-bond acceptors (Lipinski definition) is 3. The van der Waals surface area contributed by atoms with E-state index in [4.69, 9.17) is 10.8 Å². The lowest BCUT2D eigenvalue weighted by molar-refractivity contribution is -0.141. The van der Waals surface area contributed by atoms with Crippen LogP contribution in [0.25, 0.3) is 0 Å². The van der Waals surface area contributed by atoms with E-state index in [0.717, 1.165) is 23.0 Å². The van der Waals surface area contributed by atoms with Crippen molar-refractivity contribution in [3.05, 3.63) is 28.2 Å². The predicted molar refractivity (Wildman–Crippen MR) is 86.4 cm³/mol. The Bertz CT molecular complexity index is 520. The van der Waals surface area contributed by atoms with Crippen molar-refractivity contribution in [3.8, 4) is 0 Å². The smallest absolute Gasteiger partial charge is 0.306 e. The second-order valence-electron chi connectivity index (χ2n) is 5.27. The molecule has 5 nitrogen and oxygen atoms in total. The second kappa shape index (κ2) is 8.02. The maximum atomic E-state index is 11.1. The highest BCUT2D eigenvalue weighted by Crippen LogP contribution is 2.25. The molecule has 0 heterocycles. The Labute approximate surface area is 133 Å². The minimum absolute atomic E-state index is 0.210. The molecule has 0 spiro atoms. The van der Waals surface area contributed by atoms with Gasteiger partial charge < -0.3 is 16.2 Å². The van der Waals surface area contributed by atoms with Gasteiger partial charge >= 0.3 is 5.97 Å². The van der Waals surface area contributed by atoms with Crippen molar-refractivity contribution in [2.45, 2.75) is 39.2 Å². The fourth-order valence-corrected chi connectivity index (χ4v) is 2.47. The third kappa shape index (κ3) is 5.75. The normalized spacial score (nSPS) is 13.5. The SMILES string of the molecule is CC(CCCC(C)C(=O)O)Nc1ccc(C(N)=O)cc1Br.